The van der Waals surface area contributed by atoms with Crippen LogP contribution in [-0.4, -0.2) is 36.5 Å². The number of benzene rings is 1. The first-order chi connectivity index (χ1) is 12.4. The highest BCUT2D eigenvalue weighted by Crippen LogP contribution is 2.20. The second-order valence-corrected chi connectivity index (χ2v) is 5.84. The maximum Gasteiger partial charge on any atom is 0.338 e. The Balaban J connectivity index is 1.63. The molecule has 2 aromatic heterocycles. The van der Waals surface area contributed by atoms with Crippen LogP contribution in [0.2, 0.25) is 5.02 Å². The van der Waals surface area contributed by atoms with Crippen LogP contribution in [-0.2, 0) is 17.9 Å². The third-order valence-electron chi connectivity index (χ3n) is 3.42. The molecule has 0 unspecified atom stereocenters. The molecule has 0 bridgehead atoms. The number of carbonyl (C=O) groups is 2. The predicted molar refractivity (Wildman–Crippen MR) is 90.6 cm³/mol. The highest BCUT2D eigenvalue weighted by molar-refractivity contribution is 6.33. The van der Waals surface area contributed by atoms with Crippen molar-refractivity contribution in [2.24, 2.45) is 0 Å². The van der Waals surface area contributed by atoms with Crippen molar-refractivity contribution in [2.75, 3.05) is 5.32 Å². The third-order valence-corrected chi connectivity index (χ3v) is 3.70. The summed E-state index contributed by atoms with van der Waals surface area (Å²) in [7, 11) is 0. The van der Waals surface area contributed by atoms with Crippen molar-refractivity contribution in [1.82, 2.24) is 19.6 Å². The molecule has 2 N–H and O–H groups in total. The van der Waals surface area contributed by atoms with E-state index in [4.69, 9.17) is 16.7 Å². The van der Waals surface area contributed by atoms with Crippen molar-refractivity contribution in [1.29, 1.82) is 0 Å². The van der Waals surface area contributed by atoms with Gasteiger partial charge in [0.05, 0.1) is 18.3 Å². The first-order valence-electron chi connectivity index (χ1n) is 7.43. The van der Waals surface area contributed by atoms with Gasteiger partial charge < -0.3 is 10.4 Å². The van der Waals surface area contributed by atoms with E-state index in [2.05, 4.69) is 15.5 Å². The average molecular weight is 378 g/mol. The van der Waals surface area contributed by atoms with Crippen molar-refractivity contribution >= 4 is 29.3 Å². The SMILES string of the molecule is O=C(Cn1cc(C(=O)O)cn1)Nc1nn(Cc2ccc(F)cc2)cc1Cl. The van der Waals surface area contributed by atoms with Crippen LogP contribution in [0.5, 0.6) is 0 Å². The van der Waals surface area contributed by atoms with E-state index in [0.717, 1.165) is 11.8 Å². The van der Waals surface area contributed by atoms with Crippen molar-refractivity contribution in [3.63, 3.8) is 0 Å². The molecule has 0 fully saturated rings. The minimum absolute atomic E-state index is 0.0144. The number of rotatable bonds is 6. The Morgan fingerprint density at radius 3 is 2.58 bits per heavy atom. The van der Waals surface area contributed by atoms with Crippen LogP contribution in [0.25, 0.3) is 0 Å². The zero-order valence-corrected chi connectivity index (χ0v) is 14.0. The molecule has 0 saturated carbocycles. The van der Waals surface area contributed by atoms with Gasteiger partial charge in [0.25, 0.3) is 0 Å². The van der Waals surface area contributed by atoms with Gasteiger partial charge in [-0.2, -0.15) is 10.2 Å². The van der Waals surface area contributed by atoms with Crippen LogP contribution in [0.15, 0.2) is 42.9 Å². The van der Waals surface area contributed by atoms with E-state index in [1.54, 1.807) is 12.1 Å². The lowest BCUT2D eigenvalue weighted by atomic mass is 10.2. The Labute approximate surface area is 151 Å². The average Bonchev–Trinajstić information content (AvgIpc) is 3.17. The molecule has 0 radical (unpaired) electrons. The molecule has 0 aliphatic rings. The lowest BCUT2D eigenvalue weighted by Gasteiger charge is -2.03. The standard InChI is InChI=1S/C16H13ClFN5O3/c17-13-8-23(6-10-1-3-12(18)4-2-10)21-15(13)20-14(24)9-22-7-11(5-19-22)16(25)26/h1-5,7-8H,6,9H2,(H,25,26)(H,20,21,24). The quantitative estimate of drug-likeness (QED) is 0.686. The molecule has 26 heavy (non-hydrogen) atoms. The summed E-state index contributed by atoms with van der Waals surface area (Å²) in [6.45, 7) is 0.172. The van der Waals surface area contributed by atoms with Gasteiger partial charge in [0, 0.05) is 12.4 Å². The molecule has 0 aliphatic heterocycles. The van der Waals surface area contributed by atoms with Crippen molar-refractivity contribution in [3.05, 3.63) is 64.8 Å². The molecule has 3 rings (SSSR count). The zero-order valence-electron chi connectivity index (χ0n) is 13.3. The Kier molecular flexibility index (Phi) is 4.99. The molecular formula is C16H13ClFN5O3. The first kappa shape index (κ1) is 17.6. The monoisotopic (exact) mass is 377 g/mol. The smallest absolute Gasteiger partial charge is 0.338 e. The Bertz CT molecular complexity index is 951. The number of carbonyl (C=O) groups excluding carboxylic acids is 1. The number of aromatic carboxylic acids is 1. The zero-order chi connectivity index (χ0) is 18.7. The fraction of sp³-hybridized carbons (Fsp3) is 0.125. The molecule has 0 aliphatic carbocycles. The topological polar surface area (TPSA) is 102 Å². The van der Waals surface area contributed by atoms with E-state index in [1.165, 1.54) is 33.9 Å². The minimum Gasteiger partial charge on any atom is -0.478 e. The first-order valence-corrected chi connectivity index (χ1v) is 7.81. The summed E-state index contributed by atoms with van der Waals surface area (Å²) in [6.07, 6.45) is 3.94. The van der Waals surface area contributed by atoms with E-state index >= 15 is 0 Å². The second-order valence-electron chi connectivity index (χ2n) is 5.43. The molecule has 8 nitrogen and oxygen atoms in total. The normalized spacial score (nSPS) is 10.7. The Morgan fingerprint density at radius 1 is 1.19 bits per heavy atom. The van der Waals surface area contributed by atoms with Crippen LogP contribution < -0.4 is 5.32 Å². The number of carboxylic acid groups (broad SMARTS) is 1. The number of aromatic nitrogens is 4. The Morgan fingerprint density at radius 2 is 1.92 bits per heavy atom. The molecular weight excluding hydrogens is 365 g/mol. The number of amides is 1. The highest BCUT2D eigenvalue weighted by atomic mass is 35.5. The van der Waals surface area contributed by atoms with Gasteiger partial charge in [0.1, 0.15) is 17.4 Å². The van der Waals surface area contributed by atoms with Gasteiger partial charge in [-0.25, -0.2) is 9.18 Å². The van der Waals surface area contributed by atoms with Crippen molar-refractivity contribution in [2.45, 2.75) is 13.1 Å². The number of hydrogen-bond donors (Lipinski definition) is 2. The van der Waals surface area contributed by atoms with Gasteiger partial charge >= 0.3 is 5.97 Å². The van der Waals surface area contributed by atoms with Gasteiger partial charge in [-0.3, -0.25) is 14.2 Å². The van der Waals surface area contributed by atoms with E-state index in [0.29, 0.717) is 6.54 Å². The minimum atomic E-state index is -1.13. The lowest BCUT2D eigenvalue weighted by molar-refractivity contribution is -0.116. The van der Waals surface area contributed by atoms with E-state index < -0.39 is 11.9 Å². The van der Waals surface area contributed by atoms with Crippen LogP contribution in [0.3, 0.4) is 0 Å². The van der Waals surface area contributed by atoms with Crippen LogP contribution in [0, 0.1) is 5.82 Å². The largest absolute Gasteiger partial charge is 0.478 e. The van der Waals surface area contributed by atoms with Crippen LogP contribution in [0.4, 0.5) is 10.2 Å². The molecule has 0 atom stereocenters. The molecule has 2 heterocycles. The number of nitrogens with one attached hydrogen (secondary N) is 1. The fourth-order valence-corrected chi connectivity index (χ4v) is 2.42. The number of anilines is 1. The van der Waals surface area contributed by atoms with Gasteiger partial charge in [0.15, 0.2) is 5.82 Å². The maximum atomic E-state index is 12.9. The molecule has 10 heteroatoms. The number of halogens is 2. The maximum absolute atomic E-state index is 12.9. The predicted octanol–water partition coefficient (Wildman–Crippen LogP) is 2.26. The molecule has 134 valence electrons. The van der Waals surface area contributed by atoms with E-state index in [-0.39, 0.29) is 28.8 Å². The van der Waals surface area contributed by atoms with Crippen molar-refractivity contribution < 1.29 is 19.1 Å². The third kappa shape index (κ3) is 4.25. The van der Waals surface area contributed by atoms with Gasteiger partial charge in [-0.15, -0.1) is 0 Å². The summed E-state index contributed by atoms with van der Waals surface area (Å²) in [4.78, 5) is 22.9. The molecule has 0 spiro atoms. The number of nitrogens with zero attached hydrogens (tertiary/aromatic N) is 4. The molecule has 0 saturated heterocycles. The Hall–Kier alpha value is -3.20. The molecule has 1 aromatic carbocycles. The van der Waals surface area contributed by atoms with Crippen molar-refractivity contribution in [3.8, 4) is 0 Å². The van der Waals surface area contributed by atoms with Crippen LogP contribution in [0.1, 0.15) is 15.9 Å². The summed E-state index contributed by atoms with van der Waals surface area (Å²) in [5, 5.41) is 19.6. The lowest BCUT2D eigenvalue weighted by Crippen LogP contribution is -2.19. The summed E-state index contributed by atoms with van der Waals surface area (Å²) in [5.41, 5.74) is 0.806. The van der Waals surface area contributed by atoms with Gasteiger partial charge in [-0.1, -0.05) is 23.7 Å². The molecule has 1 amide bonds. The highest BCUT2D eigenvalue weighted by Gasteiger charge is 2.13. The van der Waals surface area contributed by atoms with E-state index in [9.17, 15) is 14.0 Å². The molecule has 3 aromatic rings. The summed E-state index contributed by atoms with van der Waals surface area (Å²) >= 11 is 6.07. The van der Waals surface area contributed by atoms with Crippen LogP contribution >= 0.6 is 11.6 Å². The van der Waals surface area contributed by atoms with E-state index in [1.807, 2.05) is 0 Å². The number of carboxylic acids is 1. The number of hydrogen-bond acceptors (Lipinski definition) is 4. The summed E-state index contributed by atoms with van der Waals surface area (Å²) in [5.74, 6) is -1.74. The van der Waals surface area contributed by atoms with Gasteiger partial charge in [0.2, 0.25) is 5.91 Å². The van der Waals surface area contributed by atoms with Gasteiger partial charge in [-0.05, 0) is 17.7 Å². The summed E-state index contributed by atoms with van der Waals surface area (Å²) < 4.78 is 15.6. The second kappa shape index (κ2) is 7.36. The fourth-order valence-electron chi connectivity index (χ4n) is 2.22. The summed E-state index contributed by atoms with van der Waals surface area (Å²) in [6, 6.07) is 5.94.